The van der Waals surface area contributed by atoms with Crippen molar-refractivity contribution in [3.63, 3.8) is 0 Å². The van der Waals surface area contributed by atoms with Gasteiger partial charge in [-0.25, -0.2) is 4.39 Å². The van der Waals surface area contributed by atoms with Gasteiger partial charge in [-0.1, -0.05) is 12.5 Å². The highest BCUT2D eigenvalue weighted by Gasteiger charge is 2.25. The summed E-state index contributed by atoms with van der Waals surface area (Å²) < 4.78 is 18.7. The standard InChI is InChI=1S/C16H19FN2O2/c1-21-16(20)9-14-4-2-3-7-19(14)11-13-6-5-12(10-18)8-15(13)17/h5-6,8,14H,2-4,7,9,11H2,1H3. The minimum absolute atomic E-state index is 0.0984. The highest BCUT2D eigenvalue weighted by atomic mass is 19.1. The Morgan fingerprint density at radius 1 is 1.52 bits per heavy atom. The molecule has 2 rings (SSSR count). The Morgan fingerprint density at radius 2 is 2.33 bits per heavy atom. The Kier molecular flexibility index (Phi) is 5.29. The van der Waals surface area contributed by atoms with Crippen LogP contribution in [0.3, 0.4) is 0 Å². The van der Waals surface area contributed by atoms with Crippen LogP contribution in [0.5, 0.6) is 0 Å². The molecule has 1 aliphatic heterocycles. The van der Waals surface area contributed by atoms with E-state index in [0.717, 1.165) is 25.8 Å². The topological polar surface area (TPSA) is 53.3 Å². The molecule has 0 saturated carbocycles. The number of methoxy groups -OCH3 is 1. The normalized spacial score (nSPS) is 19.0. The predicted octanol–water partition coefficient (Wildman–Crippen LogP) is 2.61. The highest BCUT2D eigenvalue weighted by Crippen LogP contribution is 2.23. The second-order valence-corrected chi connectivity index (χ2v) is 5.32. The number of carbonyl (C=O) groups is 1. The lowest BCUT2D eigenvalue weighted by Crippen LogP contribution is -2.40. The average Bonchev–Trinajstić information content (AvgIpc) is 2.50. The molecule has 21 heavy (non-hydrogen) atoms. The lowest BCUT2D eigenvalue weighted by Gasteiger charge is -2.35. The molecule has 1 aromatic carbocycles. The van der Waals surface area contributed by atoms with Gasteiger partial charge in [0.15, 0.2) is 0 Å². The summed E-state index contributed by atoms with van der Waals surface area (Å²) in [6, 6.07) is 6.56. The number of ether oxygens (including phenoxy) is 1. The minimum Gasteiger partial charge on any atom is -0.469 e. The Bertz CT molecular complexity index is 554. The van der Waals surface area contributed by atoms with Gasteiger partial charge in [0.1, 0.15) is 5.82 Å². The van der Waals surface area contributed by atoms with E-state index >= 15 is 0 Å². The first kappa shape index (κ1) is 15.5. The summed E-state index contributed by atoms with van der Waals surface area (Å²) in [5, 5.41) is 8.76. The van der Waals surface area contributed by atoms with Crippen molar-refractivity contribution < 1.29 is 13.9 Å². The van der Waals surface area contributed by atoms with Crippen LogP contribution in [-0.4, -0.2) is 30.6 Å². The smallest absolute Gasteiger partial charge is 0.307 e. The average molecular weight is 290 g/mol. The first-order valence-corrected chi connectivity index (χ1v) is 7.13. The van der Waals surface area contributed by atoms with Crippen molar-refractivity contribution in [1.29, 1.82) is 5.26 Å². The Balaban J connectivity index is 2.08. The zero-order chi connectivity index (χ0) is 15.2. The van der Waals surface area contributed by atoms with Crippen LogP contribution in [0.25, 0.3) is 0 Å². The molecule has 1 saturated heterocycles. The quantitative estimate of drug-likeness (QED) is 0.800. The van der Waals surface area contributed by atoms with E-state index in [0.29, 0.717) is 24.1 Å². The summed E-state index contributed by atoms with van der Waals surface area (Å²) in [7, 11) is 1.38. The lowest BCUT2D eigenvalue weighted by molar-refractivity contribution is -0.142. The largest absolute Gasteiger partial charge is 0.469 e. The molecule has 4 nitrogen and oxygen atoms in total. The molecule has 1 aliphatic rings. The summed E-state index contributed by atoms with van der Waals surface area (Å²) in [5.74, 6) is -0.594. The molecule has 1 aromatic rings. The molecule has 0 aliphatic carbocycles. The third kappa shape index (κ3) is 4.02. The van der Waals surface area contributed by atoms with Gasteiger partial charge in [0.25, 0.3) is 0 Å². The van der Waals surface area contributed by atoms with E-state index in [1.165, 1.54) is 13.2 Å². The Labute approximate surface area is 124 Å². The fourth-order valence-corrected chi connectivity index (χ4v) is 2.74. The molecule has 0 radical (unpaired) electrons. The van der Waals surface area contributed by atoms with Crippen molar-refractivity contribution in [3.8, 4) is 6.07 Å². The summed E-state index contributed by atoms with van der Waals surface area (Å²) in [6.45, 7) is 1.31. The van der Waals surface area contributed by atoms with Crippen LogP contribution >= 0.6 is 0 Å². The van der Waals surface area contributed by atoms with Gasteiger partial charge in [-0.3, -0.25) is 9.69 Å². The van der Waals surface area contributed by atoms with Crippen molar-refractivity contribution in [2.24, 2.45) is 0 Å². The fourth-order valence-electron chi connectivity index (χ4n) is 2.74. The maximum Gasteiger partial charge on any atom is 0.307 e. The van der Waals surface area contributed by atoms with Crippen molar-refractivity contribution >= 4 is 5.97 Å². The van der Waals surface area contributed by atoms with E-state index in [1.807, 2.05) is 6.07 Å². The molecule has 0 spiro atoms. The van der Waals surface area contributed by atoms with Gasteiger partial charge in [0, 0.05) is 18.2 Å². The number of halogens is 1. The van der Waals surface area contributed by atoms with E-state index in [-0.39, 0.29) is 17.8 Å². The number of esters is 1. The highest BCUT2D eigenvalue weighted by molar-refractivity contribution is 5.69. The second kappa shape index (κ2) is 7.19. The number of carbonyl (C=O) groups excluding carboxylic acids is 1. The van der Waals surface area contributed by atoms with Crippen molar-refractivity contribution in [2.45, 2.75) is 38.3 Å². The fraction of sp³-hybridized carbons (Fsp3) is 0.500. The molecule has 1 unspecified atom stereocenters. The zero-order valence-electron chi connectivity index (χ0n) is 12.1. The zero-order valence-corrected chi connectivity index (χ0v) is 12.1. The van der Waals surface area contributed by atoms with Crippen LogP contribution < -0.4 is 0 Å². The number of benzene rings is 1. The van der Waals surface area contributed by atoms with E-state index in [1.54, 1.807) is 12.1 Å². The molecule has 0 bridgehead atoms. The maximum absolute atomic E-state index is 14.0. The van der Waals surface area contributed by atoms with E-state index in [4.69, 9.17) is 10.00 Å². The van der Waals surface area contributed by atoms with Gasteiger partial charge in [-0.2, -0.15) is 5.26 Å². The van der Waals surface area contributed by atoms with Crippen LogP contribution in [0.1, 0.15) is 36.8 Å². The SMILES string of the molecule is COC(=O)CC1CCCCN1Cc1ccc(C#N)cc1F. The number of nitriles is 1. The van der Waals surface area contributed by atoms with Crippen LogP contribution in [0.2, 0.25) is 0 Å². The first-order chi connectivity index (χ1) is 10.1. The molecule has 1 heterocycles. The molecular formula is C16H19FN2O2. The van der Waals surface area contributed by atoms with Crippen LogP contribution in [-0.2, 0) is 16.1 Å². The number of rotatable bonds is 4. The number of hydrogen-bond acceptors (Lipinski definition) is 4. The summed E-state index contributed by atoms with van der Waals surface area (Å²) in [4.78, 5) is 13.6. The van der Waals surface area contributed by atoms with Gasteiger partial charge in [0.05, 0.1) is 25.2 Å². The lowest BCUT2D eigenvalue weighted by atomic mass is 9.98. The summed E-state index contributed by atoms with van der Waals surface area (Å²) in [6.07, 6.45) is 3.39. The van der Waals surface area contributed by atoms with Crippen molar-refractivity contribution in [2.75, 3.05) is 13.7 Å². The van der Waals surface area contributed by atoms with Gasteiger partial charge in [-0.15, -0.1) is 0 Å². The minimum atomic E-state index is -0.364. The molecule has 1 atom stereocenters. The van der Waals surface area contributed by atoms with Crippen LogP contribution in [0.15, 0.2) is 18.2 Å². The summed E-state index contributed by atoms with van der Waals surface area (Å²) in [5.41, 5.74) is 0.881. The molecule has 5 heteroatoms. The van der Waals surface area contributed by atoms with Crippen molar-refractivity contribution in [1.82, 2.24) is 4.90 Å². The molecular weight excluding hydrogens is 271 g/mol. The van der Waals surface area contributed by atoms with Gasteiger partial charge in [0.2, 0.25) is 0 Å². The van der Waals surface area contributed by atoms with E-state index < -0.39 is 0 Å². The molecule has 0 amide bonds. The van der Waals surface area contributed by atoms with Gasteiger partial charge >= 0.3 is 5.97 Å². The van der Waals surface area contributed by atoms with E-state index in [2.05, 4.69) is 4.90 Å². The molecule has 1 fully saturated rings. The third-order valence-electron chi connectivity index (χ3n) is 3.93. The summed E-state index contributed by atoms with van der Waals surface area (Å²) >= 11 is 0. The number of nitrogens with zero attached hydrogens (tertiary/aromatic N) is 2. The maximum atomic E-state index is 14.0. The molecule has 0 aromatic heterocycles. The number of piperidine rings is 1. The predicted molar refractivity (Wildman–Crippen MR) is 75.8 cm³/mol. The van der Waals surface area contributed by atoms with Gasteiger partial charge in [-0.05, 0) is 31.5 Å². The van der Waals surface area contributed by atoms with E-state index in [9.17, 15) is 9.18 Å². The number of likely N-dealkylation sites (tertiary alicyclic amines) is 1. The second-order valence-electron chi connectivity index (χ2n) is 5.32. The molecule has 0 N–H and O–H groups in total. The number of hydrogen-bond donors (Lipinski definition) is 0. The van der Waals surface area contributed by atoms with Crippen molar-refractivity contribution in [3.05, 3.63) is 35.1 Å². The van der Waals surface area contributed by atoms with Gasteiger partial charge < -0.3 is 4.74 Å². The van der Waals surface area contributed by atoms with Crippen LogP contribution in [0.4, 0.5) is 4.39 Å². The first-order valence-electron chi connectivity index (χ1n) is 7.13. The third-order valence-corrected chi connectivity index (χ3v) is 3.93. The van der Waals surface area contributed by atoms with Crippen LogP contribution in [0, 0.1) is 17.1 Å². The molecule has 112 valence electrons. The Morgan fingerprint density at radius 3 is 3.00 bits per heavy atom. The monoisotopic (exact) mass is 290 g/mol. The Hall–Kier alpha value is -1.93.